The summed E-state index contributed by atoms with van der Waals surface area (Å²) in [5.41, 5.74) is 3.97. The van der Waals surface area contributed by atoms with E-state index in [1.165, 1.54) is 9.13 Å². The fourth-order valence-corrected chi connectivity index (χ4v) is 2.82. The number of halogens is 1. The second kappa shape index (κ2) is 5.53. The lowest BCUT2D eigenvalue weighted by Gasteiger charge is -2.01. The predicted molar refractivity (Wildman–Crippen MR) is 93.4 cm³/mol. The van der Waals surface area contributed by atoms with Crippen molar-refractivity contribution in [3.8, 4) is 11.3 Å². The Bertz CT molecular complexity index is 923. The van der Waals surface area contributed by atoms with Crippen LogP contribution in [0.25, 0.3) is 22.3 Å². The summed E-state index contributed by atoms with van der Waals surface area (Å²) in [5.74, 6) is 0. The average Bonchev–Trinajstić information content (AvgIpc) is 3.18. The van der Waals surface area contributed by atoms with Gasteiger partial charge in [0.15, 0.2) is 0 Å². The average molecular weight is 401 g/mol. The van der Waals surface area contributed by atoms with Gasteiger partial charge in [0.25, 0.3) is 0 Å². The number of H-pyrrole nitrogens is 1. The molecule has 6 heteroatoms. The standard InChI is InChI=1S/C16H12IN5/c17-12-3-1-11(2-4-12)9-22-10-15(20-21-22)13-5-7-18-16-14(13)6-8-19-16/h1-8,10H,9H2,(H,18,19). The van der Waals surface area contributed by atoms with Gasteiger partial charge in [-0.3, -0.25) is 0 Å². The minimum atomic E-state index is 0.714. The maximum Gasteiger partial charge on any atom is 0.137 e. The Morgan fingerprint density at radius 3 is 2.82 bits per heavy atom. The van der Waals surface area contributed by atoms with Gasteiger partial charge in [-0.2, -0.15) is 0 Å². The van der Waals surface area contributed by atoms with Crippen LogP contribution in [0.4, 0.5) is 0 Å². The van der Waals surface area contributed by atoms with Crippen LogP contribution in [0.3, 0.4) is 0 Å². The van der Waals surface area contributed by atoms with Crippen molar-refractivity contribution in [1.82, 2.24) is 25.0 Å². The van der Waals surface area contributed by atoms with E-state index in [4.69, 9.17) is 0 Å². The second-order valence-electron chi connectivity index (χ2n) is 5.03. The van der Waals surface area contributed by atoms with E-state index in [2.05, 4.69) is 67.1 Å². The number of fused-ring (bicyclic) bond motifs is 1. The van der Waals surface area contributed by atoms with E-state index in [1.807, 2.05) is 29.2 Å². The normalized spacial score (nSPS) is 11.1. The van der Waals surface area contributed by atoms with Crippen LogP contribution in [-0.4, -0.2) is 25.0 Å². The van der Waals surface area contributed by atoms with Gasteiger partial charge in [-0.25, -0.2) is 9.67 Å². The monoisotopic (exact) mass is 401 g/mol. The third-order valence-electron chi connectivity index (χ3n) is 3.53. The van der Waals surface area contributed by atoms with Gasteiger partial charge in [-0.05, 0) is 52.4 Å². The SMILES string of the molecule is Ic1ccc(Cn2cc(-c3ccnc4[nH]ccc34)nn2)cc1. The molecule has 0 unspecified atom stereocenters. The molecule has 0 bridgehead atoms. The molecule has 22 heavy (non-hydrogen) atoms. The maximum atomic E-state index is 4.30. The summed E-state index contributed by atoms with van der Waals surface area (Å²) in [7, 11) is 0. The van der Waals surface area contributed by atoms with Crippen LogP contribution in [-0.2, 0) is 6.54 Å². The molecule has 3 aromatic heterocycles. The van der Waals surface area contributed by atoms with Crippen LogP contribution in [0, 0.1) is 3.57 Å². The van der Waals surface area contributed by atoms with E-state index < -0.39 is 0 Å². The van der Waals surface area contributed by atoms with Crippen LogP contribution in [0.5, 0.6) is 0 Å². The Morgan fingerprint density at radius 1 is 1.09 bits per heavy atom. The molecule has 1 N–H and O–H groups in total. The molecule has 0 aliphatic carbocycles. The van der Waals surface area contributed by atoms with Gasteiger partial charge in [-0.15, -0.1) is 5.10 Å². The molecule has 3 heterocycles. The van der Waals surface area contributed by atoms with Gasteiger partial charge in [0, 0.05) is 26.9 Å². The summed E-state index contributed by atoms with van der Waals surface area (Å²) in [4.78, 5) is 7.41. The predicted octanol–water partition coefficient (Wildman–Crippen LogP) is 3.47. The number of rotatable bonds is 3. The van der Waals surface area contributed by atoms with Crippen molar-refractivity contribution < 1.29 is 0 Å². The molecule has 0 amide bonds. The highest BCUT2D eigenvalue weighted by Crippen LogP contribution is 2.24. The van der Waals surface area contributed by atoms with E-state index in [1.54, 1.807) is 6.20 Å². The highest BCUT2D eigenvalue weighted by atomic mass is 127. The molecule has 0 saturated carbocycles. The van der Waals surface area contributed by atoms with Crippen molar-refractivity contribution in [2.45, 2.75) is 6.54 Å². The summed E-state index contributed by atoms with van der Waals surface area (Å²) in [5, 5.41) is 9.59. The van der Waals surface area contributed by atoms with Crippen LogP contribution in [0.1, 0.15) is 5.56 Å². The number of benzene rings is 1. The van der Waals surface area contributed by atoms with Gasteiger partial charge in [0.2, 0.25) is 0 Å². The lowest BCUT2D eigenvalue weighted by atomic mass is 10.1. The molecule has 4 aromatic rings. The van der Waals surface area contributed by atoms with Gasteiger partial charge < -0.3 is 4.98 Å². The van der Waals surface area contributed by atoms with Crippen LogP contribution < -0.4 is 0 Å². The first-order valence-corrected chi connectivity index (χ1v) is 7.94. The molecule has 4 rings (SSSR count). The number of pyridine rings is 1. The van der Waals surface area contributed by atoms with Crippen molar-refractivity contribution in [2.75, 3.05) is 0 Å². The topological polar surface area (TPSA) is 59.4 Å². The molecule has 0 radical (unpaired) electrons. The quantitative estimate of drug-likeness (QED) is 0.535. The third kappa shape index (κ3) is 2.50. The number of nitrogens with one attached hydrogen (secondary N) is 1. The molecule has 0 spiro atoms. The van der Waals surface area contributed by atoms with Crippen molar-refractivity contribution in [1.29, 1.82) is 0 Å². The number of aromatic amines is 1. The second-order valence-corrected chi connectivity index (χ2v) is 6.27. The molecule has 5 nitrogen and oxygen atoms in total. The lowest BCUT2D eigenvalue weighted by Crippen LogP contribution is -2.00. The van der Waals surface area contributed by atoms with Crippen LogP contribution in [0.15, 0.2) is 55.0 Å². The molecule has 0 aliphatic heterocycles. The summed E-state index contributed by atoms with van der Waals surface area (Å²) in [6, 6.07) is 12.4. The van der Waals surface area contributed by atoms with Gasteiger partial charge in [0.1, 0.15) is 11.3 Å². The van der Waals surface area contributed by atoms with Crippen molar-refractivity contribution in [3.63, 3.8) is 0 Å². The van der Waals surface area contributed by atoms with Crippen molar-refractivity contribution >= 4 is 33.6 Å². The summed E-state index contributed by atoms with van der Waals surface area (Å²) in [6.45, 7) is 0.714. The first kappa shape index (κ1) is 13.4. The first-order chi connectivity index (χ1) is 10.8. The fraction of sp³-hybridized carbons (Fsp3) is 0.0625. The molecule has 108 valence electrons. The van der Waals surface area contributed by atoms with Gasteiger partial charge >= 0.3 is 0 Å². The lowest BCUT2D eigenvalue weighted by molar-refractivity contribution is 0.649. The van der Waals surface area contributed by atoms with Gasteiger partial charge in [0.05, 0.1) is 12.7 Å². The number of hydrogen-bond donors (Lipinski definition) is 1. The Labute approximate surface area is 140 Å². The third-order valence-corrected chi connectivity index (χ3v) is 4.25. The molecule has 0 aliphatic rings. The van der Waals surface area contributed by atoms with E-state index in [9.17, 15) is 0 Å². The minimum absolute atomic E-state index is 0.714. The Hall–Kier alpha value is -2.22. The van der Waals surface area contributed by atoms with E-state index >= 15 is 0 Å². The Balaban J connectivity index is 1.66. The Morgan fingerprint density at radius 2 is 1.95 bits per heavy atom. The number of hydrogen-bond acceptors (Lipinski definition) is 3. The van der Waals surface area contributed by atoms with E-state index in [0.29, 0.717) is 6.54 Å². The molecular weight excluding hydrogens is 389 g/mol. The van der Waals surface area contributed by atoms with Crippen molar-refractivity contribution in [2.24, 2.45) is 0 Å². The first-order valence-electron chi connectivity index (χ1n) is 6.87. The van der Waals surface area contributed by atoms with Crippen LogP contribution in [0.2, 0.25) is 0 Å². The maximum absolute atomic E-state index is 4.30. The largest absolute Gasteiger partial charge is 0.346 e. The molecular formula is C16H12IN5. The smallest absolute Gasteiger partial charge is 0.137 e. The molecule has 0 saturated heterocycles. The highest BCUT2D eigenvalue weighted by molar-refractivity contribution is 14.1. The molecule has 0 fully saturated rings. The Kier molecular flexibility index (Phi) is 3.38. The highest BCUT2D eigenvalue weighted by Gasteiger charge is 2.09. The van der Waals surface area contributed by atoms with Gasteiger partial charge in [-0.1, -0.05) is 17.3 Å². The van der Waals surface area contributed by atoms with Crippen LogP contribution >= 0.6 is 22.6 Å². The summed E-state index contributed by atoms with van der Waals surface area (Å²) in [6.07, 6.45) is 5.64. The van der Waals surface area contributed by atoms with Crippen molar-refractivity contribution in [3.05, 3.63) is 64.1 Å². The molecule has 0 atom stereocenters. The molecule has 1 aromatic carbocycles. The minimum Gasteiger partial charge on any atom is -0.346 e. The van der Waals surface area contributed by atoms with E-state index in [-0.39, 0.29) is 0 Å². The zero-order chi connectivity index (χ0) is 14.9. The summed E-state index contributed by atoms with van der Waals surface area (Å²) >= 11 is 2.30. The zero-order valence-electron chi connectivity index (χ0n) is 11.6. The summed E-state index contributed by atoms with van der Waals surface area (Å²) < 4.78 is 3.09. The van der Waals surface area contributed by atoms with E-state index in [0.717, 1.165) is 22.3 Å². The fourth-order valence-electron chi connectivity index (χ4n) is 2.46. The zero-order valence-corrected chi connectivity index (χ0v) is 13.7. The number of aromatic nitrogens is 5. The number of nitrogens with zero attached hydrogens (tertiary/aromatic N) is 4.